The number of amides is 2. The number of Topliss-reactive ketones (excluding diaryl/α,β-unsaturated/α-hetero) is 1. The van der Waals surface area contributed by atoms with Gasteiger partial charge in [0, 0.05) is 36.2 Å². The highest BCUT2D eigenvalue weighted by Gasteiger charge is 2.66. The Morgan fingerprint density at radius 3 is 2.13 bits per heavy atom. The number of carbonyl (C=O) groups excluding carboxylic acids is 4. The van der Waals surface area contributed by atoms with Crippen LogP contribution in [0.4, 0.5) is 11.4 Å². The molecule has 0 aromatic heterocycles. The average molecular weight is 691 g/mol. The highest BCUT2D eigenvalue weighted by molar-refractivity contribution is 6.32. The summed E-state index contributed by atoms with van der Waals surface area (Å²) in [5.41, 5.74) is 3.50. The molecule has 0 radical (unpaired) electrons. The van der Waals surface area contributed by atoms with E-state index in [-0.39, 0.29) is 35.6 Å². The molecule has 2 heterocycles. The topological polar surface area (TPSA) is 104 Å². The lowest BCUT2D eigenvalue weighted by Crippen LogP contribution is -2.58. The Morgan fingerprint density at radius 2 is 1.42 bits per heavy atom. The third kappa shape index (κ3) is 4.84. The summed E-state index contributed by atoms with van der Waals surface area (Å²) in [6, 6.07) is 33.2. The minimum Gasteiger partial charge on any atom is -0.508 e. The van der Waals surface area contributed by atoms with Crippen molar-refractivity contribution >= 4 is 40.3 Å². The van der Waals surface area contributed by atoms with Gasteiger partial charge < -0.3 is 14.7 Å². The maximum Gasteiger partial charge on any atom is 0.238 e. The van der Waals surface area contributed by atoms with E-state index >= 15 is 9.59 Å². The number of hydrogen-bond donors (Lipinski definition) is 1. The van der Waals surface area contributed by atoms with Crippen molar-refractivity contribution in [3.63, 3.8) is 0 Å². The van der Waals surface area contributed by atoms with Crippen LogP contribution in [0, 0.1) is 23.7 Å². The molecule has 52 heavy (non-hydrogen) atoms. The standard InChI is InChI=1S/C44H38N2O6/c47-32-13-7-10-28(24-32)40-33-18-19-34-39(43(51)46(42(34)50)31-16-14-30(15-17-31)45-20-22-52-23-21-45)36(33)25-37-41(49)35(27-8-3-1-4-9-27)26-38(48)44(37,40)29-11-5-2-6-12-29/h1-18,24,26,34,36-37,39-40,47H,19-23,25H2. The first-order valence-corrected chi connectivity index (χ1v) is 18.1. The van der Waals surface area contributed by atoms with E-state index in [0.717, 1.165) is 24.4 Å². The van der Waals surface area contributed by atoms with Crippen LogP contribution in [0.5, 0.6) is 5.75 Å². The molecule has 3 aliphatic carbocycles. The third-order valence-corrected chi connectivity index (χ3v) is 12.1. The fraction of sp³-hybridized carbons (Fsp3) is 0.273. The van der Waals surface area contributed by atoms with E-state index < -0.39 is 35.0 Å². The third-order valence-electron chi connectivity index (χ3n) is 12.1. The number of allylic oxidation sites excluding steroid dienone is 4. The number of rotatable bonds is 5. The first-order valence-electron chi connectivity index (χ1n) is 18.1. The van der Waals surface area contributed by atoms with Gasteiger partial charge in [-0.15, -0.1) is 0 Å². The molecule has 2 saturated heterocycles. The van der Waals surface area contributed by atoms with Crippen LogP contribution in [0.3, 0.4) is 0 Å². The number of hydrogen-bond acceptors (Lipinski definition) is 7. The fourth-order valence-electron chi connectivity index (χ4n) is 9.84. The van der Waals surface area contributed by atoms with Crippen molar-refractivity contribution in [2.45, 2.75) is 24.2 Å². The number of benzene rings is 4. The molecule has 2 amide bonds. The van der Waals surface area contributed by atoms with Gasteiger partial charge in [-0.05, 0) is 77.9 Å². The number of nitrogens with zero attached hydrogens (tertiary/aromatic N) is 2. The van der Waals surface area contributed by atoms with Gasteiger partial charge in [0.25, 0.3) is 0 Å². The fourth-order valence-corrected chi connectivity index (χ4v) is 9.84. The number of ketones is 2. The van der Waals surface area contributed by atoms with Gasteiger partial charge in [-0.25, -0.2) is 0 Å². The first kappa shape index (κ1) is 32.3. The number of aromatic hydroxyl groups is 1. The highest BCUT2D eigenvalue weighted by Crippen LogP contribution is 2.63. The van der Waals surface area contributed by atoms with Crippen molar-refractivity contribution in [3.8, 4) is 5.75 Å². The lowest BCUT2D eigenvalue weighted by Gasteiger charge is -2.55. The Labute approximate surface area is 302 Å². The van der Waals surface area contributed by atoms with Gasteiger partial charge in [0.15, 0.2) is 11.6 Å². The molecule has 6 unspecified atom stereocenters. The zero-order valence-electron chi connectivity index (χ0n) is 28.6. The van der Waals surface area contributed by atoms with Gasteiger partial charge in [-0.1, -0.05) is 84.4 Å². The molecule has 9 rings (SSSR count). The second-order valence-electron chi connectivity index (χ2n) is 14.5. The monoisotopic (exact) mass is 690 g/mol. The quantitative estimate of drug-likeness (QED) is 0.195. The molecule has 3 fully saturated rings. The molecule has 0 spiro atoms. The highest BCUT2D eigenvalue weighted by atomic mass is 16.5. The first-order chi connectivity index (χ1) is 25.4. The molecule has 1 N–H and O–H groups in total. The molecule has 6 atom stereocenters. The summed E-state index contributed by atoms with van der Waals surface area (Å²) in [6.45, 7) is 2.85. The van der Waals surface area contributed by atoms with E-state index in [4.69, 9.17) is 4.74 Å². The number of phenolic OH excluding ortho intramolecular Hbond substituents is 1. The van der Waals surface area contributed by atoms with Crippen LogP contribution in [0.2, 0.25) is 0 Å². The number of ether oxygens (including phenoxy) is 1. The number of fused-ring (bicyclic) bond motifs is 4. The number of phenols is 1. The molecule has 1 saturated carbocycles. The van der Waals surface area contributed by atoms with E-state index in [9.17, 15) is 14.7 Å². The molecule has 260 valence electrons. The molecular formula is C44H38N2O6. The van der Waals surface area contributed by atoms with Gasteiger partial charge in [-0.2, -0.15) is 0 Å². The van der Waals surface area contributed by atoms with Crippen LogP contribution >= 0.6 is 0 Å². The second-order valence-corrected chi connectivity index (χ2v) is 14.5. The summed E-state index contributed by atoms with van der Waals surface area (Å²) in [6.07, 6.45) is 4.12. The minimum atomic E-state index is -1.33. The molecule has 2 aliphatic heterocycles. The summed E-state index contributed by atoms with van der Waals surface area (Å²) >= 11 is 0. The van der Waals surface area contributed by atoms with E-state index in [0.29, 0.717) is 47.6 Å². The van der Waals surface area contributed by atoms with Crippen molar-refractivity contribution in [2.75, 3.05) is 36.1 Å². The SMILES string of the molecule is O=C1C(c2ccccc2)=CC(=O)C2(c3ccccc3)C1CC1C(=CCC3C(=O)N(c4ccc(N5CCOCC5)cc4)C(=O)C31)C2c1cccc(O)c1. The second kappa shape index (κ2) is 12.6. The molecule has 4 aromatic carbocycles. The largest absolute Gasteiger partial charge is 0.508 e. The summed E-state index contributed by atoms with van der Waals surface area (Å²) in [7, 11) is 0. The van der Waals surface area contributed by atoms with Crippen molar-refractivity contribution in [2.24, 2.45) is 23.7 Å². The summed E-state index contributed by atoms with van der Waals surface area (Å²) in [4.78, 5) is 62.6. The van der Waals surface area contributed by atoms with Crippen LogP contribution in [-0.2, 0) is 29.3 Å². The van der Waals surface area contributed by atoms with Gasteiger partial charge in [0.2, 0.25) is 11.8 Å². The van der Waals surface area contributed by atoms with Gasteiger partial charge >= 0.3 is 0 Å². The predicted octanol–water partition coefficient (Wildman–Crippen LogP) is 6.26. The van der Waals surface area contributed by atoms with Crippen molar-refractivity contribution in [1.82, 2.24) is 0 Å². The van der Waals surface area contributed by atoms with Crippen LogP contribution < -0.4 is 9.80 Å². The van der Waals surface area contributed by atoms with Crippen LogP contribution in [-0.4, -0.2) is 54.8 Å². The Kier molecular flexibility index (Phi) is 7.81. The molecule has 0 bridgehead atoms. The van der Waals surface area contributed by atoms with Crippen molar-refractivity contribution in [1.29, 1.82) is 0 Å². The normalized spacial score (nSPS) is 28.5. The molecule has 8 heteroatoms. The Morgan fingerprint density at radius 1 is 0.731 bits per heavy atom. The van der Waals surface area contributed by atoms with Gasteiger partial charge in [0.1, 0.15) is 5.75 Å². The average Bonchev–Trinajstić information content (AvgIpc) is 3.45. The van der Waals surface area contributed by atoms with Gasteiger partial charge in [0.05, 0.1) is 36.2 Å². The van der Waals surface area contributed by atoms with Crippen LogP contribution in [0.25, 0.3) is 5.57 Å². The Hall–Kier alpha value is -5.60. The van der Waals surface area contributed by atoms with E-state index in [1.807, 2.05) is 97.1 Å². The molecule has 8 nitrogen and oxygen atoms in total. The summed E-state index contributed by atoms with van der Waals surface area (Å²) < 4.78 is 5.50. The molecule has 5 aliphatic rings. The minimum absolute atomic E-state index is 0.0441. The Balaban J connectivity index is 1.18. The molecule has 4 aromatic rings. The smallest absolute Gasteiger partial charge is 0.238 e. The Bertz CT molecular complexity index is 2150. The maximum absolute atomic E-state index is 15.1. The van der Waals surface area contributed by atoms with Crippen LogP contribution in [0.1, 0.15) is 35.4 Å². The predicted molar refractivity (Wildman–Crippen MR) is 197 cm³/mol. The molecular weight excluding hydrogens is 652 g/mol. The van der Waals surface area contributed by atoms with Crippen molar-refractivity contribution in [3.05, 3.63) is 144 Å². The number of morpholine rings is 1. The summed E-state index contributed by atoms with van der Waals surface area (Å²) in [5, 5.41) is 10.8. The lowest BCUT2D eigenvalue weighted by molar-refractivity contribution is -0.135. The number of anilines is 2. The zero-order chi connectivity index (χ0) is 35.6. The van der Waals surface area contributed by atoms with Gasteiger partial charge in [-0.3, -0.25) is 24.1 Å². The van der Waals surface area contributed by atoms with E-state index in [2.05, 4.69) is 4.90 Å². The zero-order valence-corrected chi connectivity index (χ0v) is 28.6. The number of carbonyl (C=O) groups is 4. The van der Waals surface area contributed by atoms with E-state index in [1.165, 1.54) is 11.0 Å². The maximum atomic E-state index is 15.1. The lowest BCUT2D eigenvalue weighted by atomic mass is 9.44. The number of imide groups is 1. The van der Waals surface area contributed by atoms with Crippen molar-refractivity contribution < 1.29 is 29.0 Å². The summed E-state index contributed by atoms with van der Waals surface area (Å²) in [5.74, 6) is -4.09. The van der Waals surface area contributed by atoms with E-state index in [1.54, 1.807) is 18.2 Å². The van der Waals surface area contributed by atoms with Crippen LogP contribution in [0.15, 0.2) is 127 Å².